The molecule has 1 aliphatic rings. The molecule has 1 atom stereocenters. The predicted molar refractivity (Wildman–Crippen MR) is 76.5 cm³/mol. The fraction of sp³-hybridized carbons (Fsp3) is 0.500. The van der Waals surface area contributed by atoms with Gasteiger partial charge >= 0.3 is 5.97 Å². The van der Waals surface area contributed by atoms with Crippen LogP contribution in [0.25, 0.3) is 0 Å². The van der Waals surface area contributed by atoms with Crippen molar-refractivity contribution in [1.82, 2.24) is 10.3 Å². The third kappa shape index (κ3) is 4.16. The molecule has 0 saturated carbocycles. The average molecular weight is 293 g/mol. The minimum Gasteiger partial charge on any atom is -0.481 e. The Morgan fingerprint density at radius 1 is 1.57 bits per heavy atom. The normalized spacial score (nSPS) is 18.3. The quantitative estimate of drug-likeness (QED) is 0.822. The zero-order chi connectivity index (χ0) is 15.2. The molecule has 0 bridgehead atoms. The van der Waals surface area contributed by atoms with Gasteiger partial charge in [-0.2, -0.15) is 0 Å². The minimum atomic E-state index is -0.875. The van der Waals surface area contributed by atoms with E-state index in [-0.39, 0.29) is 18.4 Å². The number of carboxylic acid groups (broad SMARTS) is 1. The van der Waals surface area contributed by atoms with Gasteiger partial charge in [-0.25, -0.2) is 0 Å². The van der Waals surface area contributed by atoms with Crippen molar-refractivity contribution in [3.05, 3.63) is 24.0 Å². The number of carbonyl (C=O) groups excluding carboxylic acids is 1. The fourth-order valence-corrected chi connectivity index (χ4v) is 2.26. The van der Waals surface area contributed by atoms with Crippen LogP contribution >= 0.6 is 0 Å². The van der Waals surface area contributed by atoms with E-state index in [0.717, 1.165) is 5.69 Å². The number of nitrogens with one attached hydrogen (secondary N) is 1. The Balaban J connectivity index is 2.08. The maximum absolute atomic E-state index is 11.8. The van der Waals surface area contributed by atoms with Crippen LogP contribution in [-0.4, -0.2) is 54.3 Å². The molecule has 114 valence electrons. The number of rotatable bonds is 5. The minimum absolute atomic E-state index is 0.0231. The van der Waals surface area contributed by atoms with Crippen molar-refractivity contribution < 1.29 is 19.4 Å². The van der Waals surface area contributed by atoms with E-state index in [0.29, 0.717) is 31.9 Å². The largest absolute Gasteiger partial charge is 0.481 e. The first-order valence-corrected chi connectivity index (χ1v) is 6.92. The summed E-state index contributed by atoms with van der Waals surface area (Å²) in [6.07, 6.45) is 1.23. The van der Waals surface area contributed by atoms with Crippen LogP contribution in [0.2, 0.25) is 0 Å². The van der Waals surface area contributed by atoms with Gasteiger partial charge in [-0.15, -0.1) is 0 Å². The van der Waals surface area contributed by atoms with Gasteiger partial charge in [0.05, 0.1) is 19.1 Å². The topological polar surface area (TPSA) is 91.8 Å². The number of amides is 1. The van der Waals surface area contributed by atoms with Crippen LogP contribution < -0.4 is 10.2 Å². The number of carboxylic acids is 1. The fourth-order valence-electron chi connectivity index (χ4n) is 2.26. The maximum atomic E-state index is 11.8. The van der Waals surface area contributed by atoms with Crippen molar-refractivity contribution in [3.8, 4) is 0 Å². The number of nitrogens with zero attached hydrogens (tertiary/aromatic N) is 2. The SMILES string of the molecule is CCNC(=O)c1cc(N2CCOC(CC(=O)O)C2)ccn1. The number of anilines is 1. The zero-order valence-electron chi connectivity index (χ0n) is 11.9. The number of morpholine rings is 1. The maximum Gasteiger partial charge on any atom is 0.306 e. The second-order valence-electron chi connectivity index (χ2n) is 4.80. The first kappa shape index (κ1) is 15.2. The highest BCUT2D eigenvalue weighted by Gasteiger charge is 2.23. The Hall–Kier alpha value is -2.15. The summed E-state index contributed by atoms with van der Waals surface area (Å²) in [6.45, 7) is 4.01. The monoisotopic (exact) mass is 293 g/mol. The number of aromatic nitrogens is 1. The summed E-state index contributed by atoms with van der Waals surface area (Å²) in [7, 11) is 0. The lowest BCUT2D eigenvalue weighted by Crippen LogP contribution is -2.43. The second-order valence-corrected chi connectivity index (χ2v) is 4.80. The summed E-state index contributed by atoms with van der Waals surface area (Å²) < 4.78 is 5.44. The summed E-state index contributed by atoms with van der Waals surface area (Å²) in [6, 6.07) is 3.53. The van der Waals surface area contributed by atoms with E-state index in [9.17, 15) is 9.59 Å². The van der Waals surface area contributed by atoms with Crippen LogP contribution in [-0.2, 0) is 9.53 Å². The third-order valence-electron chi connectivity index (χ3n) is 3.22. The van der Waals surface area contributed by atoms with Crippen molar-refractivity contribution in [2.24, 2.45) is 0 Å². The summed E-state index contributed by atoms with van der Waals surface area (Å²) >= 11 is 0. The second kappa shape index (κ2) is 7.03. The number of aliphatic carboxylic acids is 1. The van der Waals surface area contributed by atoms with Crippen molar-refractivity contribution in [3.63, 3.8) is 0 Å². The molecule has 2 rings (SSSR count). The lowest BCUT2D eigenvalue weighted by Gasteiger charge is -2.34. The van der Waals surface area contributed by atoms with Crippen LogP contribution in [0.5, 0.6) is 0 Å². The van der Waals surface area contributed by atoms with Crippen LogP contribution in [0.4, 0.5) is 5.69 Å². The van der Waals surface area contributed by atoms with Gasteiger partial charge in [-0.05, 0) is 19.1 Å². The summed E-state index contributed by atoms with van der Waals surface area (Å²) in [5, 5.41) is 11.5. The van der Waals surface area contributed by atoms with Gasteiger partial charge in [0.2, 0.25) is 0 Å². The molecule has 1 saturated heterocycles. The Morgan fingerprint density at radius 2 is 2.38 bits per heavy atom. The highest BCUT2D eigenvalue weighted by molar-refractivity contribution is 5.93. The molecule has 2 heterocycles. The number of carbonyl (C=O) groups is 2. The molecular weight excluding hydrogens is 274 g/mol. The van der Waals surface area contributed by atoms with E-state index in [1.54, 1.807) is 12.3 Å². The molecule has 0 aliphatic carbocycles. The highest BCUT2D eigenvalue weighted by atomic mass is 16.5. The molecule has 21 heavy (non-hydrogen) atoms. The molecule has 1 unspecified atom stereocenters. The Kier molecular flexibility index (Phi) is 5.10. The van der Waals surface area contributed by atoms with Crippen LogP contribution in [0.3, 0.4) is 0 Å². The number of hydrogen-bond donors (Lipinski definition) is 2. The van der Waals surface area contributed by atoms with Gasteiger partial charge in [0.1, 0.15) is 5.69 Å². The first-order chi connectivity index (χ1) is 10.1. The van der Waals surface area contributed by atoms with E-state index in [1.807, 2.05) is 17.9 Å². The van der Waals surface area contributed by atoms with Crippen molar-refractivity contribution in [1.29, 1.82) is 0 Å². The average Bonchev–Trinajstić information content (AvgIpc) is 2.47. The molecule has 2 N–H and O–H groups in total. The molecule has 1 aromatic rings. The lowest BCUT2D eigenvalue weighted by molar-refractivity contribution is -0.140. The smallest absolute Gasteiger partial charge is 0.306 e. The van der Waals surface area contributed by atoms with Gasteiger partial charge in [-0.1, -0.05) is 0 Å². The van der Waals surface area contributed by atoms with Gasteiger partial charge in [-0.3, -0.25) is 14.6 Å². The Bertz CT molecular complexity index is 521. The summed E-state index contributed by atoms with van der Waals surface area (Å²) in [4.78, 5) is 28.6. The molecule has 7 heteroatoms. The van der Waals surface area contributed by atoms with E-state index >= 15 is 0 Å². The molecular formula is C14H19N3O4. The lowest BCUT2D eigenvalue weighted by atomic mass is 10.2. The standard InChI is InChI=1S/C14H19N3O4/c1-2-15-14(20)12-7-10(3-4-16-12)17-5-6-21-11(9-17)8-13(18)19/h3-4,7,11H,2,5-6,8-9H2,1H3,(H,15,20)(H,18,19). The van der Waals surface area contributed by atoms with E-state index < -0.39 is 5.97 Å². The first-order valence-electron chi connectivity index (χ1n) is 6.92. The third-order valence-corrected chi connectivity index (χ3v) is 3.22. The molecule has 1 fully saturated rings. The van der Waals surface area contributed by atoms with E-state index in [4.69, 9.17) is 9.84 Å². The van der Waals surface area contributed by atoms with Gasteiger partial charge < -0.3 is 20.1 Å². The van der Waals surface area contributed by atoms with Crippen LogP contribution in [0.1, 0.15) is 23.8 Å². The van der Waals surface area contributed by atoms with Crippen LogP contribution in [0.15, 0.2) is 18.3 Å². The molecule has 1 aliphatic heterocycles. The molecule has 1 aromatic heterocycles. The Labute approximate surface area is 122 Å². The van der Waals surface area contributed by atoms with Crippen molar-refractivity contribution in [2.75, 3.05) is 31.1 Å². The predicted octanol–water partition coefficient (Wildman–Crippen LogP) is 0.511. The van der Waals surface area contributed by atoms with Crippen LogP contribution in [0, 0.1) is 0 Å². The molecule has 1 amide bonds. The van der Waals surface area contributed by atoms with Gasteiger partial charge in [0.15, 0.2) is 0 Å². The number of hydrogen-bond acceptors (Lipinski definition) is 5. The van der Waals surface area contributed by atoms with Gasteiger partial charge in [0.25, 0.3) is 5.91 Å². The zero-order valence-corrected chi connectivity index (χ0v) is 11.9. The molecule has 7 nitrogen and oxygen atoms in total. The summed E-state index contributed by atoms with van der Waals surface area (Å²) in [5.41, 5.74) is 1.21. The Morgan fingerprint density at radius 3 is 3.10 bits per heavy atom. The van der Waals surface area contributed by atoms with E-state index in [2.05, 4.69) is 10.3 Å². The molecule has 0 aromatic carbocycles. The number of ether oxygens (including phenoxy) is 1. The molecule has 0 radical (unpaired) electrons. The van der Waals surface area contributed by atoms with E-state index in [1.165, 1.54) is 0 Å². The number of pyridine rings is 1. The molecule has 0 spiro atoms. The van der Waals surface area contributed by atoms with Crippen molar-refractivity contribution >= 4 is 17.6 Å². The van der Waals surface area contributed by atoms with Crippen molar-refractivity contribution in [2.45, 2.75) is 19.4 Å². The summed E-state index contributed by atoms with van der Waals surface area (Å²) in [5.74, 6) is -1.09. The highest BCUT2D eigenvalue weighted by Crippen LogP contribution is 2.19. The van der Waals surface area contributed by atoms with Gasteiger partial charge in [0, 0.05) is 31.5 Å².